The second kappa shape index (κ2) is 6.72. The third kappa shape index (κ3) is 3.13. The molecule has 0 fully saturated rings. The van der Waals surface area contributed by atoms with E-state index in [1.807, 2.05) is 12.1 Å². The highest BCUT2D eigenvalue weighted by Gasteiger charge is 2.20. The van der Waals surface area contributed by atoms with E-state index in [0.29, 0.717) is 5.56 Å². The molecule has 0 saturated carbocycles. The van der Waals surface area contributed by atoms with Crippen LogP contribution in [0, 0.1) is 11.3 Å². The van der Waals surface area contributed by atoms with Gasteiger partial charge in [-0.05, 0) is 54.5 Å². The van der Waals surface area contributed by atoms with Gasteiger partial charge in [0, 0.05) is 10.2 Å². The number of H-pyrrole nitrogens is 1. The van der Waals surface area contributed by atoms with Gasteiger partial charge in [-0.2, -0.15) is 5.26 Å². The summed E-state index contributed by atoms with van der Waals surface area (Å²) in [4.78, 5) is 15.0. The van der Waals surface area contributed by atoms with Crippen LogP contribution >= 0.6 is 27.7 Å². The molecule has 1 N–H and O–H groups in total. The molecule has 0 bridgehead atoms. The quantitative estimate of drug-likeness (QED) is 0.819. The van der Waals surface area contributed by atoms with Gasteiger partial charge in [-0.3, -0.25) is 4.79 Å². The van der Waals surface area contributed by atoms with Crippen molar-refractivity contribution in [1.29, 1.82) is 5.26 Å². The van der Waals surface area contributed by atoms with Gasteiger partial charge in [0.25, 0.3) is 5.56 Å². The van der Waals surface area contributed by atoms with Crippen molar-refractivity contribution in [3.8, 4) is 6.07 Å². The van der Waals surface area contributed by atoms with Gasteiger partial charge in [0.1, 0.15) is 11.6 Å². The zero-order chi connectivity index (χ0) is 15.5. The zero-order valence-electron chi connectivity index (χ0n) is 12.0. The average molecular weight is 375 g/mol. The van der Waals surface area contributed by atoms with Crippen LogP contribution in [0.1, 0.15) is 35.1 Å². The number of aromatic nitrogens is 1. The van der Waals surface area contributed by atoms with E-state index in [0.717, 1.165) is 46.5 Å². The maximum atomic E-state index is 12.1. The fraction of sp³-hybridized carbons (Fsp3) is 0.294. The minimum atomic E-state index is -0.250. The lowest BCUT2D eigenvalue weighted by Gasteiger charge is -2.19. The summed E-state index contributed by atoms with van der Waals surface area (Å²) in [6.07, 6.45) is 3.96. The van der Waals surface area contributed by atoms with E-state index in [-0.39, 0.29) is 5.56 Å². The van der Waals surface area contributed by atoms with E-state index in [2.05, 4.69) is 39.1 Å². The molecule has 3 nitrogen and oxygen atoms in total. The number of hydrogen-bond donors (Lipinski definition) is 1. The minimum Gasteiger partial charge on any atom is -0.316 e. The number of thioether (sulfide) groups is 1. The number of rotatable bonds is 3. The molecule has 2 aromatic rings. The van der Waals surface area contributed by atoms with Gasteiger partial charge in [-0.15, -0.1) is 11.8 Å². The third-order valence-electron chi connectivity index (χ3n) is 3.88. The standard InChI is InChI=1S/C17H15BrN2OS/c18-12-5-3-4-11(8-12)10-22-17-14-7-2-1-6-13(14)15(9-19)16(21)20-17/h3-5,8H,1-2,6-7,10H2,(H,20,21). The number of hydrogen-bond acceptors (Lipinski definition) is 3. The minimum absolute atomic E-state index is 0.250. The van der Waals surface area contributed by atoms with Crippen LogP contribution in [0.25, 0.3) is 0 Å². The van der Waals surface area contributed by atoms with Crippen LogP contribution < -0.4 is 5.56 Å². The molecule has 1 aromatic heterocycles. The molecule has 0 radical (unpaired) electrons. The van der Waals surface area contributed by atoms with E-state index in [9.17, 15) is 10.1 Å². The fourth-order valence-electron chi connectivity index (χ4n) is 2.83. The molecule has 22 heavy (non-hydrogen) atoms. The van der Waals surface area contributed by atoms with Crippen LogP contribution in [0.3, 0.4) is 0 Å². The largest absolute Gasteiger partial charge is 0.316 e. The van der Waals surface area contributed by atoms with Crippen molar-refractivity contribution in [2.75, 3.05) is 0 Å². The van der Waals surface area contributed by atoms with E-state index in [4.69, 9.17) is 0 Å². The van der Waals surface area contributed by atoms with Crippen molar-refractivity contribution in [2.24, 2.45) is 0 Å². The van der Waals surface area contributed by atoms with E-state index in [1.165, 1.54) is 11.1 Å². The van der Waals surface area contributed by atoms with Crippen molar-refractivity contribution in [3.05, 3.63) is 61.3 Å². The zero-order valence-corrected chi connectivity index (χ0v) is 14.4. The Morgan fingerprint density at radius 3 is 2.77 bits per heavy atom. The van der Waals surface area contributed by atoms with Gasteiger partial charge >= 0.3 is 0 Å². The Morgan fingerprint density at radius 1 is 1.27 bits per heavy atom. The first-order chi connectivity index (χ1) is 10.7. The molecule has 0 atom stereocenters. The second-order valence-corrected chi connectivity index (χ2v) is 7.25. The SMILES string of the molecule is N#Cc1c2c(c(SCc3cccc(Br)c3)[nH]c1=O)CCCC2. The highest BCUT2D eigenvalue weighted by atomic mass is 79.9. The van der Waals surface area contributed by atoms with Crippen molar-refractivity contribution in [3.63, 3.8) is 0 Å². The number of nitrogens with one attached hydrogen (secondary N) is 1. The number of nitriles is 1. The molecule has 112 valence electrons. The number of aromatic amines is 1. The maximum absolute atomic E-state index is 12.1. The molecule has 1 aromatic carbocycles. The molecular formula is C17H15BrN2OS. The molecule has 1 heterocycles. The Bertz CT molecular complexity index is 807. The van der Waals surface area contributed by atoms with Gasteiger partial charge in [-0.25, -0.2) is 0 Å². The summed E-state index contributed by atoms with van der Waals surface area (Å²) >= 11 is 5.12. The van der Waals surface area contributed by atoms with Gasteiger partial charge < -0.3 is 4.98 Å². The highest BCUT2D eigenvalue weighted by Crippen LogP contribution is 2.31. The van der Waals surface area contributed by atoms with E-state index >= 15 is 0 Å². The summed E-state index contributed by atoms with van der Waals surface area (Å²) in [6, 6.07) is 10.2. The molecule has 1 aliphatic rings. The fourth-order valence-corrected chi connectivity index (χ4v) is 4.34. The monoisotopic (exact) mass is 374 g/mol. The van der Waals surface area contributed by atoms with Crippen LogP contribution in [0.4, 0.5) is 0 Å². The summed E-state index contributed by atoms with van der Waals surface area (Å²) in [5.74, 6) is 0.799. The number of benzene rings is 1. The third-order valence-corrected chi connectivity index (χ3v) is 5.49. The summed E-state index contributed by atoms with van der Waals surface area (Å²) in [7, 11) is 0. The number of pyridine rings is 1. The van der Waals surface area contributed by atoms with Crippen molar-refractivity contribution >= 4 is 27.7 Å². The van der Waals surface area contributed by atoms with Crippen LogP contribution in [-0.4, -0.2) is 4.98 Å². The molecule has 0 aliphatic heterocycles. The molecule has 1 aliphatic carbocycles. The van der Waals surface area contributed by atoms with Crippen molar-refractivity contribution in [1.82, 2.24) is 4.98 Å². The van der Waals surface area contributed by atoms with Crippen molar-refractivity contribution < 1.29 is 0 Å². The topological polar surface area (TPSA) is 56.6 Å². The lowest BCUT2D eigenvalue weighted by molar-refractivity contribution is 0.663. The Morgan fingerprint density at radius 2 is 2.05 bits per heavy atom. The molecule has 0 unspecified atom stereocenters. The molecule has 0 spiro atoms. The van der Waals surface area contributed by atoms with E-state index in [1.54, 1.807) is 11.8 Å². The predicted octanol–water partition coefficient (Wildman–Crippen LogP) is 4.18. The Kier molecular flexibility index (Phi) is 4.70. The van der Waals surface area contributed by atoms with Gasteiger partial charge in [0.2, 0.25) is 0 Å². The first kappa shape index (κ1) is 15.4. The second-order valence-electron chi connectivity index (χ2n) is 5.35. The first-order valence-corrected chi connectivity index (χ1v) is 9.02. The van der Waals surface area contributed by atoms with Gasteiger partial charge in [-0.1, -0.05) is 28.1 Å². The maximum Gasteiger partial charge on any atom is 0.267 e. The number of nitrogens with zero attached hydrogens (tertiary/aromatic N) is 1. The predicted molar refractivity (Wildman–Crippen MR) is 92.1 cm³/mol. The van der Waals surface area contributed by atoms with Crippen LogP contribution in [0.2, 0.25) is 0 Å². The highest BCUT2D eigenvalue weighted by molar-refractivity contribution is 9.10. The van der Waals surface area contributed by atoms with Gasteiger partial charge in [0.15, 0.2) is 0 Å². The Labute approximate surface area is 141 Å². The summed E-state index contributed by atoms with van der Waals surface area (Å²) in [5, 5.41) is 10.2. The first-order valence-electron chi connectivity index (χ1n) is 7.24. The molecule has 0 saturated heterocycles. The molecular weight excluding hydrogens is 360 g/mol. The summed E-state index contributed by atoms with van der Waals surface area (Å²) in [5.41, 5.74) is 3.40. The molecule has 5 heteroatoms. The summed E-state index contributed by atoms with van der Waals surface area (Å²) < 4.78 is 1.06. The normalized spacial score (nSPS) is 13.5. The Balaban J connectivity index is 1.93. The van der Waals surface area contributed by atoms with Crippen molar-refractivity contribution in [2.45, 2.75) is 36.5 Å². The van der Waals surface area contributed by atoms with Crippen LogP contribution in [0.5, 0.6) is 0 Å². The Hall–Kier alpha value is -1.51. The van der Waals surface area contributed by atoms with Gasteiger partial charge in [0.05, 0.1) is 5.03 Å². The smallest absolute Gasteiger partial charge is 0.267 e. The lowest BCUT2D eigenvalue weighted by Crippen LogP contribution is -2.20. The molecule has 3 rings (SSSR count). The van der Waals surface area contributed by atoms with Crippen LogP contribution in [0.15, 0.2) is 38.6 Å². The number of halogens is 1. The van der Waals surface area contributed by atoms with Crippen LogP contribution in [-0.2, 0) is 18.6 Å². The number of fused-ring (bicyclic) bond motifs is 1. The average Bonchev–Trinajstić information content (AvgIpc) is 2.53. The van der Waals surface area contributed by atoms with E-state index < -0.39 is 0 Å². The lowest BCUT2D eigenvalue weighted by atomic mass is 9.90. The summed E-state index contributed by atoms with van der Waals surface area (Å²) in [6.45, 7) is 0. The molecule has 0 amide bonds.